The Morgan fingerprint density at radius 2 is 2.00 bits per heavy atom. The summed E-state index contributed by atoms with van der Waals surface area (Å²) >= 11 is 8.51. The highest BCUT2D eigenvalue weighted by molar-refractivity contribution is 9.10. The number of halogens is 1. The minimum absolute atomic E-state index is 0.273. The van der Waals surface area contributed by atoms with E-state index < -0.39 is 0 Å². The molecule has 5 heteroatoms. The van der Waals surface area contributed by atoms with Gasteiger partial charge in [0, 0.05) is 4.47 Å². The summed E-state index contributed by atoms with van der Waals surface area (Å²) in [5, 5.41) is 0. The van der Waals surface area contributed by atoms with E-state index in [0.29, 0.717) is 23.7 Å². The van der Waals surface area contributed by atoms with Crippen LogP contribution in [0.2, 0.25) is 0 Å². The molecular formula is C16H16BrNO2S. The molecule has 0 atom stereocenters. The molecular weight excluding hydrogens is 350 g/mol. The van der Waals surface area contributed by atoms with Crippen molar-refractivity contribution in [2.75, 3.05) is 7.11 Å². The van der Waals surface area contributed by atoms with Crippen LogP contribution in [0.4, 0.5) is 0 Å². The van der Waals surface area contributed by atoms with Gasteiger partial charge in [0.2, 0.25) is 0 Å². The summed E-state index contributed by atoms with van der Waals surface area (Å²) in [6.45, 7) is 2.48. The molecule has 0 aliphatic heterocycles. The smallest absolute Gasteiger partial charge is 0.171 e. The summed E-state index contributed by atoms with van der Waals surface area (Å²) in [7, 11) is 1.59. The van der Waals surface area contributed by atoms with Crippen LogP contribution in [0.25, 0.3) is 0 Å². The lowest BCUT2D eigenvalue weighted by Crippen LogP contribution is -2.13. The second-order valence-corrected chi connectivity index (χ2v) is 5.92. The van der Waals surface area contributed by atoms with Crippen molar-refractivity contribution in [3.05, 3.63) is 57.6 Å². The minimum Gasteiger partial charge on any atom is -0.493 e. The quantitative estimate of drug-likeness (QED) is 0.813. The third-order valence-corrected chi connectivity index (χ3v) is 3.82. The molecule has 0 bridgehead atoms. The van der Waals surface area contributed by atoms with Gasteiger partial charge in [-0.2, -0.15) is 0 Å². The lowest BCUT2D eigenvalue weighted by atomic mass is 10.1. The molecule has 0 aliphatic carbocycles. The van der Waals surface area contributed by atoms with Gasteiger partial charge in [-0.05, 0) is 30.2 Å². The van der Waals surface area contributed by atoms with Crippen LogP contribution >= 0.6 is 28.1 Å². The Kier molecular flexibility index (Phi) is 5.20. The van der Waals surface area contributed by atoms with Gasteiger partial charge < -0.3 is 15.2 Å². The fourth-order valence-electron chi connectivity index (χ4n) is 1.97. The minimum atomic E-state index is 0.273. The highest BCUT2D eigenvalue weighted by atomic mass is 79.9. The van der Waals surface area contributed by atoms with Crippen LogP contribution < -0.4 is 15.2 Å². The van der Waals surface area contributed by atoms with E-state index >= 15 is 0 Å². The molecule has 0 fully saturated rings. The van der Waals surface area contributed by atoms with Gasteiger partial charge in [-0.3, -0.25) is 0 Å². The van der Waals surface area contributed by atoms with Crippen molar-refractivity contribution < 1.29 is 9.47 Å². The normalized spacial score (nSPS) is 10.2. The van der Waals surface area contributed by atoms with E-state index in [-0.39, 0.29) is 4.99 Å². The second kappa shape index (κ2) is 6.91. The van der Waals surface area contributed by atoms with E-state index in [1.807, 2.05) is 43.3 Å². The molecule has 0 saturated heterocycles. The molecule has 110 valence electrons. The number of methoxy groups -OCH3 is 1. The number of hydrogen-bond acceptors (Lipinski definition) is 3. The molecule has 21 heavy (non-hydrogen) atoms. The first kappa shape index (κ1) is 15.8. The first-order valence-corrected chi connectivity index (χ1v) is 7.57. The number of aryl methyl sites for hydroxylation is 1. The number of hydrogen-bond donors (Lipinski definition) is 1. The average Bonchev–Trinajstić information content (AvgIpc) is 2.46. The van der Waals surface area contributed by atoms with E-state index in [4.69, 9.17) is 27.4 Å². The molecule has 2 aromatic rings. The monoisotopic (exact) mass is 365 g/mol. The van der Waals surface area contributed by atoms with Gasteiger partial charge in [-0.15, -0.1) is 0 Å². The molecule has 2 rings (SSSR count). The standard InChI is InChI=1S/C16H16BrNO2S/c1-10-5-3-4-6-11(10)9-20-15-13(16(18)21)7-12(17)8-14(15)19-2/h3-8H,9H2,1-2H3,(H2,18,21). The van der Waals surface area contributed by atoms with Crippen molar-refractivity contribution in [2.45, 2.75) is 13.5 Å². The highest BCUT2D eigenvalue weighted by Gasteiger charge is 2.15. The summed E-state index contributed by atoms with van der Waals surface area (Å²) in [5.41, 5.74) is 8.72. The lowest BCUT2D eigenvalue weighted by molar-refractivity contribution is 0.283. The summed E-state index contributed by atoms with van der Waals surface area (Å²) in [6, 6.07) is 11.7. The van der Waals surface area contributed by atoms with Gasteiger partial charge in [-0.1, -0.05) is 52.4 Å². The second-order valence-electron chi connectivity index (χ2n) is 4.56. The molecule has 0 spiro atoms. The van der Waals surface area contributed by atoms with E-state index in [1.165, 1.54) is 5.56 Å². The maximum Gasteiger partial charge on any atom is 0.171 e. The van der Waals surface area contributed by atoms with Crippen LogP contribution in [0.5, 0.6) is 11.5 Å². The van der Waals surface area contributed by atoms with Gasteiger partial charge in [0.05, 0.1) is 12.7 Å². The number of rotatable bonds is 5. The predicted molar refractivity (Wildman–Crippen MR) is 92.1 cm³/mol. The number of benzene rings is 2. The van der Waals surface area contributed by atoms with E-state index in [0.717, 1.165) is 10.0 Å². The Labute approximate surface area is 138 Å². The molecule has 0 saturated carbocycles. The summed E-state index contributed by atoms with van der Waals surface area (Å²) in [6.07, 6.45) is 0. The number of nitrogens with two attached hydrogens (primary N) is 1. The van der Waals surface area contributed by atoms with E-state index in [9.17, 15) is 0 Å². The summed E-state index contributed by atoms with van der Waals surface area (Å²) < 4.78 is 12.1. The Morgan fingerprint density at radius 1 is 1.29 bits per heavy atom. The maximum atomic E-state index is 5.93. The average molecular weight is 366 g/mol. The first-order chi connectivity index (χ1) is 10.0. The zero-order valence-corrected chi connectivity index (χ0v) is 14.3. The fraction of sp³-hybridized carbons (Fsp3) is 0.188. The first-order valence-electron chi connectivity index (χ1n) is 6.37. The topological polar surface area (TPSA) is 44.5 Å². The van der Waals surface area contributed by atoms with Gasteiger partial charge in [0.1, 0.15) is 11.6 Å². The van der Waals surface area contributed by atoms with Crippen LogP contribution in [-0.4, -0.2) is 12.1 Å². The fourth-order valence-corrected chi connectivity index (χ4v) is 2.56. The SMILES string of the molecule is COc1cc(Br)cc(C(N)=S)c1OCc1ccccc1C. The molecule has 0 aliphatic rings. The third kappa shape index (κ3) is 3.74. The third-order valence-electron chi connectivity index (χ3n) is 3.14. The van der Waals surface area contributed by atoms with Crippen molar-refractivity contribution in [1.82, 2.24) is 0 Å². The van der Waals surface area contributed by atoms with Gasteiger partial charge in [0.15, 0.2) is 11.5 Å². The van der Waals surface area contributed by atoms with Crippen LogP contribution in [0.3, 0.4) is 0 Å². The zero-order valence-electron chi connectivity index (χ0n) is 11.9. The zero-order chi connectivity index (χ0) is 15.4. The van der Waals surface area contributed by atoms with Crippen molar-refractivity contribution in [3.8, 4) is 11.5 Å². The number of thiocarbonyl (C=S) groups is 1. The maximum absolute atomic E-state index is 5.93. The van der Waals surface area contributed by atoms with Crippen molar-refractivity contribution in [1.29, 1.82) is 0 Å². The van der Waals surface area contributed by atoms with E-state index in [2.05, 4.69) is 15.9 Å². The molecule has 0 amide bonds. The largest absolute Gasteiger partial charge is 0.493 e. The van der Waals surface area contributed by atoms with E-state index in [1.54, 1.807) is 7.11 Å². The number of ether oxygens (including phenoxy) is 2. The Morgan fingerprint density at radius 3 is 2.62 bits per heavy atom. The van der Waals surface area contributed by atoms with Gasteiger partial charge in [-0.25, -0.2) is 0 Å². The molecule has 0 unspecified atom stereocenters. The molecule has 2 aromatic carbocycles. The molecule has 0 radical (unpaired) electrons. The highest BCUT2D eigenvalue weighted by Crippen LogP contribution is 2.35. The van der Waals surface area contributed by atoms with Crippen molar-refractivity contribution >= 4 is 33.1 Å². The van der Waals surface area contributed by atoms with Crippen molar-refractivity contribution in [3.63, 3.8) is 0 Å². The Balaban J connectivity index is 2.34. The van der Waals surface area contributed by atoms with Crippen LogP contribution in [0.1, 0.15) is 16.7 Å². The lowest BCUT2D eigenvalue weighted by Gasteiger charge is -2.16. The van der Waals surface area contributed by atoms with Gasteiger partial charge >= 0.3 is 0 Å². The Bertz CT molecular complexity index is 673. The van der Waals surface area contributed by atoms with Crippen LogP contribution in [-0.2, 0) is 6.61 Å². The van der Waals surface area contributed by atoms with Crippen LogP contribution in [0.15, 0.2) is 40.9 Å². The van der Waals surface area contributed by atoms with Gasteiger partial charge in [0.25, 0.3) is 0 Å². The summed E-state index contributed by atoms with van der Waals surface area (Å²) in [5.74, 6) is 1.16. The molecule has 3 nitrogen and oxygen atoms in total. The summed E-state index contributed by atoms with van der Waals surface area (Å²) in [4.78, 5) is 0.273. The van der Waals surface area contributed by atoms with Crippen molar-refractivity contribution in [2.24, 2.45) is 5.73 Å². The van der Waals surface area contributed by atoms with Crippen LogP contribution in [0, 0.1) is 6.92 Å². The predicted octanol–water partition coefficient (Wildman–Crippen LogP) is 3.98. The molecule has 0 heterocycles. The molecule has 2 N–H and O–H groups in total. The Hall–Kier alpha value is -1.59. The molecule has 0 aromatic heterocycles.